The predicted molar refractivity (Wildman–Crippen MR) is 81.2 cm³/mol. The van der Waals surface area contributed by atoms with E-state index in [-0.39, 0.29) is 5.91 Å². The first-order valence-corrected chi connectivity index (χ1v) is 6.63. The normalized spacial score (nSPS) is 11.9. The van der Waals surface area contributed by atoms with Gasteiger partial charge in [-0.05, 0) is 11.1 Å². The van der Waals surface area contributed by atoms with E-state index in [4.69, 9.17) is 5.73 Å². The van der Waals surface area contributed by atoms with Gasteiger partial charge in [-0.15, -0.1) is 0 Å². The van der Waals surface area contributed by atoms with E-state index >= 15 is 0 Å². The summed E-state index contributed by atoms with van der Waals surface area (Å²) < 4.78 is 0. The van der Waals surface area contributed by atoms with Crippen LogP contribution in [0.25, 0.3) is 0 Å². The fraction of sp³-hybridized carbons (Fsp3) is 0.118. The molecule has 0 fully saturated rings. The van der Waals surface area contributed by atoms with Crippen LogP contribution in [-0.4, -0.2) is 18.9 Å². The fourth-order valence-corrected chi connectivity index (χ4v) is 2.30. The minimum atomic E-state index is -0.784. The van der Waals surface area contributed by atoms with Crippen LogP contribution in [0.5, 0.6) is 0 Å². The maximum atomic E-state index is 12.3. The van der Waals surface area contributed by atoms with Gasteiger partial charge in [0.1, 0.15) is 5.92 Å². The third kappa shape index (κ3) is 3.28. The predicted octanol–water partition coefficient (Wildman–Crippen LogP) is 1.62. The molecule has 0 bridgehead atoms. The maximum absolute atomic E-state index is 12.3. The van der Waals surface area contributed by atoms with Gasteiger partial charge < -0.3 is 11.1 Å². The van der Waals surface area contributed by atoms with E-state index in [1.165, 1.54) is 7.05 Å². The van der Waals surface area contributed by atoms with Crippen LogP contribution >= 0.6 is 0 Å². The van der Waals surface area contributed by atoms with Crippen LogP contribution in [0.4, 0.5) is 0 Å². The molecular weight excluding hydrogens is 264 g/mol. The lowest BCUT2D eigenvalue weighted by atomic mass is 9.80. The molecule has 0 saturated carbocycles. The lowest BCUT2D eigenvalue weighted by Crippen LogP contribution is -2.36. The lowest BCUT2D eigenvalue weighted by Gasteiger charge is -2.23. The number of hydrogen-bond acceptors (Lipinski definition) is 2. The Labute approximate surface area is 124 Å². The number of likely N-dealkylation sites (N-methyl/N-ethyl adjacent to an activating group) is 1. The third-order valence-electron chi connectivity index (χ3n) is 3.26. The lowest BCUT2D eigenvalue weighted by molar-refractivity contribution is -0.123. The van der Waals surface area contributed by atoms with Gasteiger partial charge in [0.25, 0.3) is 0 Å². The minimum Gasteiger partial charge on any atom is -0.369 e. The van der Waals surface area contributed by atoms with Crippen LogP contribution in [0.3, 0.4) is 0 Å². The van der Waals surface area contributed by atoms with Gasteiger partial charge in [-0.25, -0.2) is 0 Å². The van der Waals surface area contributed by atoms with Gasteiger partial charge in [-0.2, -0.15) is 0 Å². The molecule has 0 aliphatic rings. The van der Waals surface area contributed by atoms with E-state index in [1.54, 1.807) is 24.3 Å². The molecule has 0 heterocycles. The number of nitrogens with one attached hydrogen (secondary N) is 1. The Bertz CT molecular complexity index is 611. The average molecular weight is 281 g/mol. The summed E-state index contributed by atoms with van der Waals surface area (Å²) in [6.07, 6.45) is 0. The van der Waals surface area contributed by atoms with Gasteiger partial charge in [-0.3, -0.25) is 9.59 Å². The topological polar surface area (TPSA) is 72.2 Å². The number of benzene rings is 2. The Kier molecular flexibility index (Phi) is 4.72. The number of primary amides is 1. The Morgan fingerprint density at radius 3 is 1.95 bits per heavy atom. The summed E-state index contributed by atoms with van der Waals surface area (Å²) in [5.41, 5.74) is 6.95. The first-order valence-electron chi connectivity index (χ1n) is 6.63. The summed E-state index contributed by atoms with van der Waals surface area (Å²) in [7, 11) is 1.54. The largest absolute Gasteiger partial charge is 0.369 e. The van der Waals surface area contributed by atoms with Crippen molar-refractivity contribution in [3.05, 3.63) is 77.7 Å². The molecule has 0 aliphatic carbocycles. The van der Waals surface area contributed by atoms with Crippen LogP contribution in [0, 0.1) is 5.92 Å². The molecule has 1 atom stereocenters. The summed E-state index contributed by atoms with van der Waals surface area (Å²) in [4.78, 5) is 24.2. The van der Waals surface area contributed by atoms with E-state index in [0.29, 0.717) is 17.0 Å². The molecule has 107 valence electrons. The molecule has 1 unspecified atom stereocenters. The zero-order chi connectivity index (χ0) is 15.2. The maximum Gasteiger partial charge on any atom is 0.233 e. The average Bonchev–Trinajstić information content (AvgIpc) is 2.53. The third-order valence-corrected chi connectivity index (χ3v) is 3.26. The van der Waals surface area contributed by atoms with Crippen LogP contribution in [-0.2, 0) is 9.59 Å². The molecule has 0 saturated heterocycles. The molecule has 0 aliphatic heterocycles. The fourth-order valence-electron chi connectivity index (χ4n) is 2.30. The van der Waals surface area contributed by atoms with Crippen LogP contribution < -0.4 is 11.1 Å². The monoisotopic (exact) mass is 281 g/mol. The molecule has 1 radical (unpaired) electrons. The summed E-state index contributed by atoms with van der Waals surface area (Å²) in [6, 6.07) is 18.2. The van der Waals surface area contributed by atoms with Gasteiger partial charge in [0.2, 0.25) is 11.8 Å². The van der Waals surface area contributed by atoms with Crippen molar-refractivity contribution >= 4 is 11.8 Å². The second-order valence-electron chi connectivity index (χ2n) is 4.60. The Hall–Kier alpha value is -2.62. The molecule has 2 rings (SSSR count). The highest BCUT2D eigenvalue weighted by atomic mass is 16.2. The van der Waals surface area contributed by atoms with E-state index in [2.05, 4.69) is 5.32 Å². The van der Waals surface area contributed by atoms with Crippen LogP contribution in [0.15, 0.2) is 60.7 Å². The Morgan fingerprint density at radius 1 is 0.952 bits per heavy atom. The van der Waals surface area contributed by atoms with Crippen molar-refractivity contribution < 1.29 is 9.59 Å². The summed E-state index contributed by atoms with van der Waals surface area (Å²) >= 11 is 0. The van der Waals surface area contributed by atoms with Gasteiger partial charge in [0, 0.05) is 7.05 Å². The first kappa shape index (κ1) is 14.8. The zero-order valence-corrected chi connectivity index (χ0v) is 11.7. The number of carbonyl (C=O) groups excluding carboxylic acids is 2. The van der Waals surface area contributed by atoms with Gasteiger partial charge in [-0.1, -0.05) is 60.7 Å². The smallest absolute Gasteiger partial charge is 0.233 e. The van der Waals surface area contributed by atoms with Gasteiger partial charge >= 0.3 is 0 Å². The first-order chi connectivity index (χ1) is 10.1. The number of nitrogens with two attached hydrogens (primary N) is 1. The molecule has 0 spiro atoms. The van der Waals surface area contributed by atoms with Crippen molar-refractivity contribution in [3.63, 3.8) is 0 Å². The molecule has 2 amide bonds. The summed E-state index contributed by atoms with van der Waals surface area (Å²) in [5.74, 6) is -1.29. The van der Waals surface area contributed by atoms with Crippen molar-refractivity contribution in [2.75, 3.05) is 7.05 Å². The van der Waals surface area contributed by atoms with Crippen molar-refractivity contribution in [2.45, 2.75) is 5.92 Å². The highest BCUT2D eigenvalue weighted by Gasteiger charge is 2.35. The SMILES string of the molecule is CNC(=O)[C](c1ccccc1)C(C(N)=O)c1ccccc1. The van der Waals surface area contributed by atoms with E-state index in [0.717, 1.165) is 0 Å². The van der Waals surface area contributed by atoms with Crippen molar-refractivity contribution in [3.8, 4) is 0 Å². The van der Waals surface area contributed by atoms with Gasteiger partial charge in [0.05, 0.1) is 5.92 Å². The highest BCUT2D eigenvalue weighted by molar-refractivity contribution is 6.02. The van der Waals surface area contributed by atoms with Gasteiger partial charge in [0.15, 0.2) is 0 Å². The standard InChI is InChI=1S/C17H17N2O2/c1-19-17(21)15(13-10-6-3-7-11-13)14(16(18)20)12-8-4-2-5-9-12/h2-11,14H,1H3,(H2,18,20)(H,19,21). The summed E-state index contributed by atoms with van der Waals surface area (Å²) in [5, 5.41) is 2.58. The second-order valence-corrected chi connectivity index (χ2v) is 4.60. The number of rotatable bonds is 5. The molecule has 4 heteroatoms. The second kappa shape index (κ2) is 6.70. The molecular formula is C17H17N2O2. The Balaban J connectivity index is 2.52. The van der Waals surface area contributed by atoms with E-state index in [9.17, 15) is 9.59 Å². The van der Waals surface area contributed by atoms with Crippen LogP contribution in [0.1, 0.15) is 17.0 Å². The van der Waals surface area contributed by atoms with E-state index in [1.807, 2.05) is 36.4 Å². The molecule has 21 heavy (non-hydrogen) atoms. The highest BCUT2D eigenvalue weighted by Crippen LogP contribution is 2.32. The number of carbonyl (C=O) groups is 2. The summed E-state index contributed by atoms with van der Waals surface area (Å²) in [6.45, 7) is 0. The van der Waals surface area contributed by atoms with Crippen molar-refractivity contribution in [2.24, 2.45) is 5.73 Å². The molecule has 0 aromatic heterocycles. The Morgan fingerprint density at radius 2 is 1.48 bits per heavy atom. The quantitative estimate of drug-likeness (QED) is 0.874. The van der Waals surface area contributed by atoms with Crippen molar-refractivity contribution in [1.29, 1.82) is 0 Å². The molecule has 3 N–H and O–H groups in total. The number of hydrogen-bond donors (Lipinski definition) is 2. The minimum absolute atomic E-state index is 0.311. The molecule has 2 aromatic rings. The van der Waals surface area contributed by atoms with Crippen LogP contribution in [0.2, 0.25) is 0 Å². The van der Waals surface area contributed by atoms with E-state index < -0.39 is 11.8 Å². The molecule has 4 nitrogen and oxygen atoms in total. The molecule has 2 aromatic carbocycles. The van der Waals surface area contributed by atoms with Crippen molar-refractivity contribution in [1.82, 2.24) is 5.32 Å². The number of amides is 2. The zero-order valence-electron chi connectivity index (χ0n) is 11.7.